The Morgan fingerprint density at radius 3 is 2.86 bits per heavy atom. The Kier molecular flexibility index (Phi) is 5.25. The summed E-state index contributed by atoms with van der Waals surface area (Å²) in [4.78, 5) is 36.8. The van der Waals surface area contributed by atoms with Gasteiger partial charge in [0.2, 0.25) is 5.91 Å². The monoisotopic (exact) mass is 326 g/mol. The van der Waals surface area contributed by atoms with E-state index in [9.17, 15) is 14.4 Å². The third-order valence-corrected chi connectivity index (χ3v) is 4.64. The van der Waals surface area contributed by atoms with Crippen LogP contribution in [0.5, 0.6) is 0 Å². The lowest BCUT2D eigenvalue weighted by Crippen LogP contribution is -2.70. The fourth-order valence-electron chi connectivity index (χ4n) is 2.36. The molecule has 0 unspecified atom stereocenters. The Bertz CT molecular complexity index is 545. The molecule has 0 aromatic rings. The third-order valence-electron chi connectivity index (χ3n) is 3.30. The molecule has 2 rings (SSSR count). The van der Waals surface area contributed by atoms with Crippen molar-refractivity contribution >= 4 is 29.5 Å². The maximum absolute atomic E-state index is 12.2. The predicted molar refractivity (Wildman–Crippen MR) is 80.8 cm³/mol. The molecule has 0 aromatic carbocycles. The maximum atomic E-state index is 12.2. The first-order valence-corrected chi connectivity index (χ1v) is 7.76. The van der Waals surface area contributed by atoms with Crippen LogP contribution < -0.4 is 5.32 Å². The molecule has 0 aromatic heterocycles. The van der Waals surface area contributed by atoms with Gasteiger partial charge >= 0.3 is 5.97 Å². The number of hydrogen-bond donors (Lipinski definition) is 1. The molecule has 2 heterocycles. The highest BCUT2D eigenvalue weighted by molar-refractivity contribution is 8.00. The van der Waals surface area contributed by atoms with Crippen LogP contribution in [0.1, 0.15) is 6.92 Å². The first-order chi connectivity index (χ1) is 10.5. The summed E-state index contributed by atoms with van der Waals surface area (Å²) < 4.78 is 10.2. The lowest BCUT2D eigenvalue weighted by atomic mass is 10.0. The van der Waals surface area contributed by atoms with Gasteiger partial charge in [0, 0.05) is 12.7 Å². The topological polar surface area (TPSA) is 84.9 Å². The summed E-state index contributed by atoms with van der Waals surface area (Å²) in [6.07, 6.45) is 1.61. The van der Waals surface area contributed by atoms with Crippen LogP contribution in [0.15, 0.2) is 23.9 Å². The first-order valence-electron chi connectivity index (χ1n) is 6.72. The second-order valence-corrected chi connectivity index (χ2v) is 5.94. The van der Waals surface area contributed by atoms with Crippen molar-refractivity contribution in [3.8, 4) is 0 Å². The lowest BCUT2D eigenvalue weighted by molar-refractivity contribution is -0.151. The van der Waals surface area contributed by atoms with Gasteiger partial charge in [0.15, 0.2) is 0 Å². The molecule has 1 fully saturated rings. The molecule has 1 N–H and O–H groups in total. The van der Waals surface area contributed by atoms with Crippen molar-refractivity contribution in [2.45, 2.75) is 18.3 Å². The van der Waals surface area contributed by atoms with Gasteiger partial charge < -0.3 is 14.8 Å². The smallest absolute Gasteiger partial charge is 0.354 e. The quantitative estimate of drug-likeness (QED) is 0.321. The molecule has 2 amide bonds. The SMILES string of the molecule is C=CCOCC1=C(C(=O)OC)N2C(=O)[C@@H](NC(C)=O)[C@H]2SC1. The molecule has 8 heteroatoms. The van der Waals surface area contributed by atoms with Gasteiger partial charge in [0.05, 0.1) is 20.3 Å². The Balaban J connectivity index is 2.21. The highest BCUT2D eigenvalue weighted by Crippen LogP contribution is 2.40. The average molecular weight is 326 g/mol. The predicted octanol–water partition coefficient (Wildman–Crippen LogP) is 0.0359. The van der Waals surface area contributed by atoms with E-state index < -0.39 is 12.0 Å². The van der Waals surface area contributed by atoms with Crippen LogP contribution in [0.25, 0.3) is 0 Å². The molecule has 7 nitrogen and oxygen atoms in total. The second-order valence-electron chi connectivity index (χ2n) is 4.84. The van der Waals surface area contributed by atoms with E-state index >= 15 is 0 Å². The van der Waals surface area contributed by atoms with E-state index in [1.807, 2.05) is 0 Å². The van der Waals surface area contributed by atoms with Gasteiger partial charge in [0.1, 0.15) is 17.1 Å². The molecule has 2 atom stereocenters. The Morgan fingerprint density at radius 1 is 1.55 bits per heavy atom. The molecular formula is C14H18N2O5S. The number of amides is 2. The van der Waals surface area contributed by atoms with Gasteiger partial charge in [-0.3, -0.25) is 14.5 Å². The summed E-state index contributed by atoms with van der Waals surface area (Å²) in [5.74, 6) is -0.625. The molecule has 0 saturated carbocycles. The van der Waals surface area contributed by atoms with E-state index in [0.717, 1.165) is 0 Å². The summed E-state index contributed by atoms with van der Waals surface area (Å²) >= 11 is 1.48. The van der Waals surface area contributed by atoms with Crippen LogP contribution in [-0.2, 0) is 23.9 Å². The highest BCUT2D eigenvalue weighted by atomic mass is 32.2. The van der Waals surface area contributed by atoms with Crippen LogP contribution in [0, 0.1) is 0 Å². The number of nitrogens with one attached hydrogen (secondary N) is 1. The van der Waals surface area contributed by atoms with Crippen molar-refractivity contribution in [3.63, 3.8) is 0 Å². The van der Waals surface area contributed by atoms with Crippen LogP contribution in [0.2, 0.25) is 0 Å². The van der Waals surface area contributed by atoms with E-state index in [-0.39, 0.29) is 29.5 Å². The second kappa shape index (κ2) is 6.97. The third kappa shape index (κ3) is 3.02. The number of carbonyl (C=O) groups excluding carboxylic acids is 3. The van der Waals surface area contributed by atoms with E-state index in [1.54, 1.807) is 6.08 Å². The summed E-state index contributed by atoms with van der Waals surface area (Å²) in [7, 11) is 1.27. The largest absolute Gasteiger partial charge is 0.464 e. The summed E-state index contributed by atoms with van der Waals surface area (Å²) in [6.45, 7) is 5.50. The van der Waals surface area contributed by atoms with Crippen molar-refractivity contribution in [1.82, 2.24) is 10.2 Å². The fourth-order valence-corrected chi connectivity index (χ4v) is 3.69. The first kappa shape index (κ1) is 16.6. The minimum Gasteiger partial charge on any atom is -0.464 e. The number of thioether (sulfide) groups is 1. The summed E-state index contributed by atoms with van der Waals surface area (Å²) in [5.41, 5.74) is 0.923. The molecule has 0 spiro atoms. The fraction of sp³-hybridized carbons (Fsp3) is 0.500. The molecule has 22 heavy (non-hydrogen) atoms. The lowest BCUT2D eigenvalue weighted by Gasteiger charge is -2.49. The molecular weight excluding hydrogens is 308 g/mol. The molecule has 0 aliphatic carbocycles. The number of carbonyl (C=O) groups is 3. The molecule has 2 aliphatic rings. The van der Waals surface area contributed by atoms with Gasteiger partial charge in [-0.1, -0.05) is 6.08 Å². The van der Waals surface area contributed by atoms with Crippen molar-refractivity contribution < 1.29 is 23.9 Å². The van der Waals surface area contributed by atoms with Crippen molar-refractivity contribution in [1.29, 1.82) is 0 Å². The number of nitrogens with zero attached hydrogens (tertiary/aromatic N) is 1. The Hall–Kier alpha value is -1.80. The standard InChI is InChI=1S/C14H18N2O5S/c1-4-5-21-6-9-7-22-13-10(15-8(2)17)12(18)16(13)11(9)14(19)20-3/h4,10,13H,1,5-7H2,2-3H3,(H,15,17)/t10-,13-/m1/s1. The molecule has 0 radical (unpaired) electrons. The van der Waals surface area contributed by atoms with Crippen molar-refractivity contribution in [3.05, 3.63) is 23.9 Å². The summed E-state index contributed by atoms with van der Waals surface area (Å²) in [6, 6.07) is -0.599. The number of methoxy groups -OCH3 is 1. The highest BCUT2D eigenvalue weighted by Gasteiger charge is 2.54. The zero-order valence-electron chi connectivity index (χ0n) is 12.5. The average Bonchev–Trinajstić information content (AvgIpc) is 2.51. The van der Waals surface area contributed by atoms with Gasteiger partial charge in [-0.05, 0) is 5.57 Å². The van der Waals surface area contributed by atoms with E-state index in [4.69, 9.17) is 9.47 Å². The zero-order chi connectivity index (χ0) is 16.3. The van der Waals surface area contributed by atoms with Crippen LogP contribution >= 0.6 is 11.8 Å². The number of β-lactam (4-membered cyclic amide) rings is 1. The zero-order valence-corrected chi connectivity index (χ0v) is 13.3. The number of fused-ring (bicyclic) bond motifs is 1. The number of ether oxygens (including phenoxy) is 2. The molecule has 0 bridgehead atoms. The number of hydrogen-bond acceptors (Lipinski definition) is 6. The maximum Gasteiger partial charge on any atom is 0.354 e. The number of rotatable bonds is 6. The van der Waals surface area contributed by atoms with Crippen LogP contribution in [0.4, 0.5) is 0 Å². The Morgan fingerprint density at radius 2 is 2.27 bits per heavy atom. The van der Waals surface area contributed by atoms with Crippen LogP contribution in [-0.4, -0.2) is 60.2 Å². The molecule has 1 saturated heterocycles. The van der Waals surface area contributed by atoms with Gasteiger partial charge in [-0.15, -0.1) is 18.3 Å². The summed E-state index contributed by atoms with van der Waals surface area (Å²) in [5, 5.41) is 2.32. The van der Waals surface area contributed by atoms with Gasteiger partial charge in [-0.25, -0.2) is 4.79 Å². The van der Waals surface area contributed by atoms with Gasteiger partial charge in [0.25, 0.3) is 5.91 Å². The minimum atomic E-state index is -0.599. The normalized spacial score (nSPS) is 23.5. The van der Waals surface area contributed by atoms with E-state index in [1.165, 1.54) is 30.7 Å². The van der Waals surface area contributed by atoms with Crippen LogP contribution in [0.3, 0.4) is 0 Å². The number of esters is 1. The molecule has 120 valence electrons. The van der Waals surface area contributed by atoms with E-state index in [0.29, 0.717) is 17.9 Å². The van der Waals surface area contributed by atoms with Gasteiger partial charge in [-0.2, -0.15) is 0 Å². The Labute approximate surface area is 132 Å². The molecule has 2 aliphatic heterocycles. The van der Waals surface area contributed by atoms with Crippen molar-refractivity contribution in [2.75, 3.05) is 26.1 Å². The van der Waals surface area contributed by atoms with Crippen molar-refractivity contribution in [2.24, 2.45) is 0 Å². The minimum absolute atomic E-state index is 0.224. The van der Waals surface area contributed by atoms with E-state index in [2.05, 4.69) is 11.9 Å².